The minimum Gasteiger partial charge on any atom is -0.278 e. The zero-order chi connectivity index (χ0) is 13.8. The van der Waals surface area contributed by atoms with Gasteiger partial charge < -0.3 is 0 Å². The molecule has 2 aliphatic rings. The molecular formula is C15H19NO2Si. The minimum absolute atomic E-state index is 0.0182. The highest BCUT2D eigenvalue weighted by molar-refractivity contribution is 6.84. The fourth-order valence-electron chi connectivity index (χ4n) is 3.39. The second-order valence-electron chi connectivity index (χ2n) is 6.69. The highest BCUT2D eigenvalue weighted by Crippen LogP contribution is 2.70. The maximum atomic E-state index is 12.7. The Kier molecular flexibility index (Phi) is 2.51. The van der Waals surface area contributed by atoms with Crippen molar-refractivity contribution in [2.24, 2.45) is 5.92 Å². The van der Waals surface area contributed by atoms with Crippen LogP contribution in [0.25, 0.3) is 0 Å². The summed E-state index contributed by atoms with van der Waals surface area (Å²) in [5.74, 6) is 0.122. The van der Waals surface area contributed by atoms with Crippen molar-refractivity contribution in [1.29, 1.82) is 0 Å². The number of carbonyl (C=O) groups excluding carboxylic acids is 2. The van der Waals surface area contributed by atoms with Gasteiger partial charge in [-0.25, -0.2) is 0 Å². The van der Waals surface area contributed by atoms with Crippen LogP contribution in [0, 0.1) is 5.92 Å². The molecule has 1 heterocycles. The van der Waals surface area contributed by atoms with Gasteiger partial charge in [0.15, 0.2) is 0 Å². The number of amides is 2. The summed E-state index contributed by atoms with van der Waals surface area (Å²) in [6, 6.07) is 9.75. The zero-order valence-corrected chi connectivity index (χ0v) is 12.6. The van der Waals surface area contributed by atoms with Crippen LogP contribution >= 0.6 is 0 Å². The van der Waals surface area contributed by atoms with Gasteiger partial charge in [-0.1, -0.05) is 50.0 Å². The molecule has 2 atom stereocenters. The molecule has 0 aromatic heterocycles. The van der Waals surface area contributed by atoms with Crippen molar-refractivity contribution in [3.8, 4) is 0 Å². The first-order valence-corrected chi connectivity index (χ1v) is 10.3. The van der Waals surface area contributed by atoms with Crippen LogP contribution in [0.4, 0.5) is 0 Å². The lowest BCUT2D eigenvalue weighted by Gasteiger charge is -2.27. The maximum absolute atomic E-state index is 12.7. The van der Waals surface area contributed by atoms with Gasteiger partial charge in [0.25, 0.3) is 0 Å². The van der Waals surface area contributed by atoms with E-state index in [4.69, 9.17) is 0 Å². The summed E-state index contributed by atoms with van der Waals surface area (Å²) >= 11 is 0. The average molecular weight is 273 g/mol. The Balaban J connectivity index is 1.87. The summed E-state index contributed by atoms with van der Waals surface area (Å²) in [7, 11) is -1.65. The number of fused-ring (bicyclic) bond motifs is 1. The summed E-state index contributed by atoms with van der Waals surface area (Å²) in [6.45, 7) is 7.03. The van der Waals surface area contributed by atoms with Gasteiger partial charge >= 0.3 is 0 Å². The molecule has 0 radical (unpaired) electrons. The molecule has 1 saturated carbocycles. The van der Waals surface area contributed by atoms with Crippen molar-refractivity contribution in [3.05, 3.63) is 35.9 Å². The summed E-state index contributed by atoms with van der Waals surface area (Å²) in [6.07, 6.45) is 0.797. The lowest BCUT2D eigenvalue weighted by molar-refractivity contribution is -0.141. The summed E-state index contributed by atoms with van der Waals surface area (Å²) in [4.78, 5) is 26.5. The molecule has 2 fully saturated rings. The van der Waals surface area contributed by atoms with Gasteiger partial charge in [-0.2, -0.15) is 0 Å². The molecule has 1 aromatic rings. The smallest absolute Gasteiger partial charge is 0.233 e. The summed E-state index contributed by atoms with van der Waals surface area (Å²) in [5.41, 5.74) is 1.02. The van der Waals surface area contributed by atoms with Crippen LogP contribution in [-0.2, 0) is 16.1 Å². The van der Waals surface area contributed by atoms with Gasteiger partial charge in [0.05, 0.1) is 25.6 Å². The second-order valence-corrected chi connectivity index (χ2v) is 12.1. The van der Waals surface area contributed by atoms with E-state index in [1.54, 1.807) is 0 Å². The SMILES string of the molecule is C[Si](C)(C)C12CC1C(=O)N(Cc1ccccc1)C2=O. The molecular weight excluding hydrogens is 254 g/mol. The van der Waals surface area contributed by atoms with Gasteiger partial charge in [-0.15, -0.1) is 0 Å². The Bertz CT molecular complexity index is 549. The number of piperidine rings is 1. The molecule has 1 aliphatic carbocycles. The van der Waals surface area contributed by atoms with Crippen molar-refractivity contribution in [1.82, 2.24) is 4.90 Å². The molecule has 100 valence electrons. The lowest BCUT2D eigenvalue weighted by Crippen LogP contribution is -2.40. The second kappa shape index (κ2) is 3.79. The van der Waals surface area contributed by atoms with Gasteiger partial charge in [-0.3, -0.25) is 14.5 Å². The van der Waals surface area contributed by atoms with E-state index in [0.29, 0.717) is 6.54 Å². The van der Waals surface area contributed by atoms with Gasteiger partial charge in [0, 0.05) is 0 Å². The first-order valence-electron chi connectivity index (χ1n) is 6.78. The van der Waals surface area contributed by atoms with E-state index in [-0.39, 0.29) is 22.8 Å². The van der Waals surface area contributed by atoms with E-state index in [1.165, 1.54) is 4.90 Å². The third kappa shape index (κ3) is 1.62. The molecule has 0 N–H and O–H groups in total. The number of rotatable bonds is 3. The number of benzene rings is 1. The normalized spacial score (nSPS) is 29.6. The van der Waals surface area contributed by atoms with Crippen LogP contribution in [0.15, 0.2) is 30.3 Å². The van der Waals surface area contributed by atoms with E-state index in [0.717, 1.165) is 12.0 Å². The molecule has 1 aromatic carbocycles. The van der Waals surface area contributed by atoms with Crippen LogP contribution < -0.4 is 0 Å². The van der Waals surface area contributed by atoms with Crippen molar-refractivity contribution < 1.29 is 9.59 Å². The molecule has 2 unspecified atom stereocenters. The first kappa shape index (κ1) is 12.6. The molecule has 3 nitrogen and oxygen atoms in total. The van der Waals surface area contributed by atoms with Crippen molar-refractivity contribution in [2.75, 3.05) is 0 Å². The topological polar surface area (TPSA) is 37.4 Å². The van der Waals surface area contributed by atoms with E-state index in [9.17, 15) is 9.59 Å². The van der Waals surface area contributed by atoms with Crippen LogP contribution in [-0.4, -0.2) is 24.8 Å². The monoisotopic (exact) mass is 273 g/mol. The van der Waals surface area contributed by atoms with Gasteiger partial charge in [0.2, 0.25) is 11.8 Å². The number of nitrogens with zero attached hydrogens (tertiary/aromatic N) is 1. The first-order chi connectivity index (χ1) is 8.88. The third-order valence-corrected chi connectivity index (χ3v) is 8.12. The quantitative estimate of drug-likeness (QED) is 0.627. The van der Waals surface area contributed by atoms with Crippen LogP contribution in [0.3, 0.4) is 0 Å². The van der Waals surface area contributed by atoms with E-state index >= 15 is 0 Å². The number of imide groups is 1. The molecule has 3 rings (SSSR count). The minimum atomic E-state index is -1.65. The molecule has 19 heavy (non-hydrogen) atoms. The molecule has 0 spiro atoms. The van der Waals surface area contributed by atoms with Gasteiger partial charge in [-0.05, 0) is 12.0 Å². The van der Waals surface area contributed by atoms with Gasteiger partial charge in [0.1, 0.15) is 0 Å². The predicted molar refractivity (Wildman–Crippen MR) is 76.1 cm³/mol. The predicted octanol–water partition coefficient (Wildman–Crippen LogP) is 2.65. The highest BCUT2D eigenvalue weighted by Gasteiger charge is 2.76. The van der Waals surface area contributed by atoms with Crippen LogP contribution in [0.1, 0.15) is 12.0 Å². The largest absolute Gasteiger partial charge is 0.278 e. The van der Waals surface area contributed by atoms with Crippen LogP contribution in [0.5, 0.6) is 0 Å². The van der Waals surface area contributed by atoms with Crippen molar-refractivity contribution in [3.63, 3.8) is 0 Å². The molecule has 1 aliphatic heterocycles. The number of hydrogen-bond donors (Lipinski definition) is 0. The Morgan fingerprint density at radius 1 is 1.21 bits per heavy atom. The fraction of sp³-hybridized carbons (Fsp3) is 0.467. The Morgan fingerprint density at radius 3 is 2.37 bits per heavy atom. The Morgan fingerprint density at radius 2 is 1.84 bits per heavy atom. The summed E-state index contributed by atoms with van der Waals surface area (Å²) < 4.78 is 0. The van der Waals surface area contributed by atoms with E-state index < -0.39 is 8.07 Å². The molecule has 0 bridgehead atoms. The highest BCUT2D eigenvalue weighted by atomic mass is 28.3. The fourth-order valence-corrected chi connectivity index (χ4v) is 6.15. The van der Waals surface area contributed by atoms with E-state index in [1.807, 2.05) is 30.3 Å². The number of carbonyl (C=O) groups is 2. The number of likely N-dealkylation sites (tertiary alicyclic amines) is 1. The third-order valence-electron chi connectivity index (χ3n) is 4.67. The molecule has 4 heteroatoms. The van der Waals surface area contributed by atoms with Crippen molar-refractivity contribution in [2.45, 2.75) is 37.6 Å². The molecule has 2 amide bonds. The lowest BCUT2D eigenvalue weighted by atomic mass is 10.2. The van der Waals surface area contributed by atoms with Crippen LogP contribution in [0.2, 0.25) is 24.7 Å². The standard InChI is InChI=1S/C15H19NO2Si/c1-19(2,3)15-9-12(15)13(17)16(14(15)18)10-11-7-5-4-6-8-11/h4-8,12H,9-10H2,1-3H3. The molecule has 1 saturated heterocycles. The summed E-state index contributed by atoms with van der Waals surface area (Å²) in [5, 5.41) is -0.293. The Hall–Kier alpha value is -1.42. The number of hydrogen-bond acceptors (Lipinski definition) is 2. The average Bonchev–Trinajstić information content (AvgIpc) is 3.07. The Labute approximate surface area is 114 Å². The van der Waals surface area contributed by atoms with Crippen molar-refractivity contribution >= 4 is 19.9 Å². The zero-order valence-electron chi connectivity index (χ0n) is 11.6. The van der Waals surface area contributed by atoms with E-state index in [2.05, 4.69) is 19.6 Å². The maximum Gasteiger partial charge on any atom is 0.233 e.